The lowest BCUT2D eigenvalue weighted by molar-refractivity contribution is -0.137. The zero-order chi connectivity index (χ0) is 23.2. The number of hydrogen-bond acceptors (Lipinski definition) is 3. The van der Waals surface area contributed by atoms with Gasteiger partial charge < -0.3 is 10.6 Å². The zero-order valence-electron chi connectivity index (χ0n) is 18.2. The molecule has 0 spiro atoms. The van der Waals surface area contributed by atoms with Crippen LogP contribution in [0.15, 0.2) is 42.5 Å². The molecule has 0 bridgehead atoms. The Morgan fingerprint density at radius 2 is 1.58 bits per heavy atom. The highest BCUT2D eigenvalue weighted by Gasteiger charge is 2.62. The molecule has 0 aliphatic heterocycles. The van der Waals surface area contributed by atoms with E-state index in [1.54, 1.807) is 18.2 Å². The third-order valence-electron chi connectivity index (χ3n) is 6.32. The molecule has 0 radical (unpaired) electrons. The molecule has 1 saturated carbocycles. The van der Waals surface area contributed by atoms with Gasteiger partial charge >= 0.3 is 6.18 Å². The molecule has 0 saturated heterocycles. The van der Waals surface area contributed by atoms with Crippen molar-refractivity contribution in [1.82, 2.24) is 5.32 Å². The summed E-state index contributed by atoms with van der Waals surface area (Å²) in [5.41, 5.74) is -0.290. The molecule has 2 aromatic carbocycles. The van der Waals surface area contributed by atoms with Gasteiger partial charge in [0.2, 0.25) is 0 Å². The van der Waals surface area contributed by atoms with E-state index < -0.39 is 28.1 Å². The molecule has 0 atom stereocenters. The van der Waals surface area contributed by atoms with Crippen LogP contribution in [0, 0.1) is 29.1 Å². The summed E-state index contributed by atoms with van der Waals surface area (Å²) in [5, 5.41) is 15.3. The SMILES string of the molecule is Cc1ccc(C(=O)NC2C(C)(C)C(Nc3ccc(C#N)c(C(F)(F)F)c3)C2(C)C)cc1. The average Bonchev–Trinajstić information content (AvgIpc) is 2.69. The fraction of sp³-hybridized carbons (Fsp3) is 0.417. The Kier molecular flexibility index (Phi) is 5.56. The normalized spacial score (nSPS) is 21.5. The summed E-state index contributed by atoms with van der Waals surface area (Å²) >= 11 is 0. The Morgan fingerprint density at radius 1 is 1.00 bits per heavy atom. The molecule has 0 heterocycles. The lowest BCUT2D eigenvalue weighted by Crippen LogP contribution is -2.75. The van der Waals surface area contributed by atoms with E-state index >= 15 is 0 Å². The van der Waals surface area contributed by atoms with Crippen LogP contribution in [0.2, 0.25) is 0 Å². The van der Waals surface area contributed by atoms with Gasteiger partial charge in [-0.1, -0.05) is 45.4 Å². The van der Waals surface area contributed by atoms with Crippen molar-refractivity contribution in [2.75, 3.05) is 5.32 Å². The van der Waals surface area contributed by atoms with Gasteiger partial charge in [0.25, 0.3) is 5.91 Å². The number of nitrogens with one attached hydrogen (secondary N) is 2. The highest BCUT2D eigenvalue weighted by molar-refractivity contribution is 5.94. The predicted molar refractivity (Wildman–Crippen MR) is 114 cm³/mol. The van der Waals surface area contributed by atoms with Crippen LogP contribution in [0.25, 0.3) is 0 Å². The molecule has 1 aliphatic carbocycles. The maximum atomic E-state index is 13.3. The monoisotopic (exact) mass is 429 g/mol. The third kappa shape index (κ3) is 4.12. The molecular weight excluding hydrogens is 403 g/mol. The fourth-order valence-electron chi connectivity index (χ4n) is 4.95. The highest BCUT2D eigenvalue weighted by atomic mass is 19.4. The molecule has 31 heavy (non-hydrogen) atoms. The quantitative estimate of drug-likeness (QED) is 0.672. The molecule has 2 aromatic rings. The largest absolute Gasteiger partial charge is 0.417 e. The Bertz CT molecular complexity index is 1020. The molecule has 7 heteroatoms. The Morgan fingerprint density at radius 3 is 2.10 bits per heavy atom. The summed E-state index contributed by atoms with van der Waals surface area (Å²) in [6.45, 7) is 9.85. The van der Waals surface area contributed by atoms with Gasteiger partial charge in [0, 0.05) is 34.2 Å². The molecule has 164 valence electrons. The van der Waals surface area contributed by atoms with Crippen LogP contribution in [-0.2, 0) is 6.18 Å². The first-order valence-corrected chi connectivity index (χ1v) is 10.0. The van der Waals surface area contributed by atoms with Crippen molar-refractivity contribution in [2.45, 2.75) is 52.9 Å². The maximum Gasteiger partial charge on any atom is 0.417 e. The van der Waals surface area contributed by atoms with E-state index in [0.29, 0.717) is 11.3 Å². The van der Waals surface area contributed by atoms with Crippen LogP contribution < -0.4 is 10.6 Å². The molecular formula is C24H26F3N3O. The number of halogens is 3. The van der Waals surface area contributed by atoms with Gasteiger partial charge in [-0.2, -0.15) is 18.4 Å². The summed E-state index contributed by atoms with van der Waals surface area (Å²) in [6.07, 6.45) is -4.61. The van der Waals surface area contributed by atoms with Gasteiger partial charge in [-0.05, 0) is 37.3 Å². The minimum Gasteiger partial charge on any atom is -0.381 e. The van der Waals surface area contributed by atoms with Crippen molar-refractivity contribution in [2.24, 2.45) is 10.8 Å². The number of benzene rings is 2. The molecule has 1 fully saturated rings. The third-order valence-corrected chi connectivity index (χ3v) is 6.32. The van der Waals surface area contributed by atoms with E-state index in [2.05, 4.69) is 10.6 Å². The molecule has 3 rings (SSSR count). The Balaban J connectivity index is 1.81. The van der Waals surface area contributed by atoms with Gasteiger partial charge in [-0.15, -0.1) is 0 Å². The fourth-order valence-corrected chi connectivity index (χ4v) is 4.95. The topological polar surface area (TPSA) is 64.9 Å². The first-order valence-electron chi connectivity index (χ1n) is 10.0. The van der Waals surface area contributed by atoms with Crippen molar-refractivity contribution in [1.29, 1.82) is 5.26 Å². The molecule has 4 nitrogen and oxygen atoms in total. The summed E-state index contributed by atoms with van der Waals surface area (Å²) < 4.78 is 40.0. The zero-order valence-corrected chi connectivity index (χ0v) is 18.2. The summed E-state index contributed by atoms with van der Waals surface area (Å²) in [6, 6.07) is 12.1. The molecule has 2 N–H and O–H groups in total. The molecule has 0 aromatic heterocycles. The standard InChI is InChI=1S/C24H26F3N3O/c1-14-6-8-15(9-7-14)19(31)30-21-22(2,3)20(23(21,4)5)29-17-11-10-16(13-28)18(12-17)24(25,26)27/h6-12,20-21,29H,1-5H3,(H,30,31). The van der Waals surface area contributed by atoms with Crippen molar-refractivity contribution >= 4 is 11.6 Å². The first kappa shape index (κ1) is 22.7. The average molecular weight is 429 g/mol. The second-order valence-corrected chi connectivity index (χ2v) is 9.36. The van der Waals surface area contributed by atoms with Crippen LogP contribution in [0.1, 0.15) is 54.7 Å². The van der Waals surface area contributed by atoms with E-state index in [9.17, 15) is 18.0 Å². The van der Waals surface area contributed by atoms with E-state index in [1.807, 2.05) is 46.8 Å². The summed E-state index contributed by atoms with van der Waals surface area (Å²) in [4.78, 5) is 12.7. The van der Waals surface area contributed by atoms with E-state index in [-0.39, 0.29) is 18.0 Å². The molecule has 0 unspecified atom stereocenters. The summed E-state index contributed by atoms with van der Waals surface area (Å²) in [5.74, 6) is -0.178. The van der Waals surface area contributed by atoms with Crippen LogP contribution in [-0.4, -0.2) is 18.0 Å². The van der Waals surface area contributed by atoms with Crippen LogP contribution in [0.5, 0.6) is 0 Å². The number of nitriles is 1. The van der Waals surface area contributed by atoms with Crippen molar-refractivity contribution in [3.8, 4) is 6.07 Å². The van der Waals surface area contributed by atoms with Gasteiger partial charge in [-0.25, -0.2) is 0 Å². The highest BCUT2D eigenvalue weighted by Crippen LogP contribution is 2.55. The van der Waals surface area contributed by atoms with Gasteiger partial charge in [0.1, 0.15) is 0 Å². The van der Waals surface area contributed by atoms with Crippen LogP contribution in [0.3, 0.4) is 0 Å². The van der Waals surface area contributed by atoms with E-state index in [4.69, 9.17) is 5.26 Å². The van der Waals surface area contributed by atoms with E-state index in [0.717, 1.165) is 11.6 Å². The number of nitrogens with zero attached hydrogens (tertiary/aromatic N) is 1. The van der Waals surface area contributed by atoms with Crippen LogP contribution in [0.4, 0.5) is 18.9 Å². The number of carbonyl (C=O) groups is 1. The second-order valence-electron chi connectivity index (χ2n) is 9.36. The Hall–Kier alpha value is -3.01. The smallest absolute Gasteiger partial charge is 0.381 e. The number of alkyl halides is 3. The Labute approximate surface area is 180 Å². The number of anilines is 1. The van der Waals surface area contributed by atoms with Gasteiger partial charge in [0.15, 0.2) is 0 Å². The van der Waals surface area contributed by atoms with Gasteiger partial charge in [0.05, 0.1) is 17.2 Å². The van der Waals surface area contributed by atoms with Crippen molar-refractivity contribution < 1.29 is 18.0 Å². The summed E-state index contributed by atoms with van der Waals surface area (Å²) in [7, 11) is 0. The van der Waals surface area contributed by atoms with Crippen LogP contribution >= 0.6 is 0 Å². The van der Waals surface area contributed by atoms with Crippen molar-refractivity contribution in [3.05, 3.63) is 64.7 Å². The first-order chi connectivity index (χ1) is 14.3. The minimum atomic E-state index is -4.61. The number of rotatable bonds is 4. The van der Waals surface area contributed by atoms with Gasteiger partial charge in [-0.3, -0.25) is 4.79 Å². The lowest BCUT2D eigenvalue weighted by atomic mass is 9.48. The number of amides is 1. The maximum absolute atomic E-state index is 13.3. The number of carbonyl (C=O) groups excluding carboxylic acids is 1. The number of hydrogen-bond donors (Lipinski definition) is 2. The van der Waals surface area contributed by atoms with Crippen molar-refractivity contribution in [3.63, 3.8) is 0 Å². The molecule has 1 aliphatic rings. The lowest BCUT2D eigenvalue weighted by Gasteiger charge is -2.64. The second kappa shape index (κ2) is 7.60. The predicted octanol–water partition coefficient (Wildman–Crippen LogP) is 5.53. The number of aryl methyl sites for hydroxylation is 1. The van der Waals surface area contributed by atoms with E-state index in [1.165, 1.54) is 12.1 Å². The minimum absolute atomic E-state index is 0.178. The molecule has 1 amide bonds.